The van der Waals surface area contributed by atoms with Gasteiger partial charge in [0.25, 0.3) is 0 Å². The molecule has 2 aromatic rings. The van der Waals surface area contributed by atoms with Crippen LogP contribution >= 0.6 is 23.2 Å². The molecule has 0 radical (unpaired) electrons. The summed E-state index contributed by atoms with van der Waals surface area (Å²) in [5.41, 5.74) is 1.68. The number of hydrogen-bond acceptors (Lipinski definition) is 5. The minimum Gasteiger partial charge on any atom is -0.497 e. The van der Waals surface area contributed by atoms with E-state index in [4.69, 9.17) is 32.7 Å². The maximum Gasteiger partial charge on any atom is 0.302 e. The van der Waals surface area contributed by atoms with Crippen LogP contribution in [-0.2, 0) is 26.2 Å². The highest BCUT2D eigenvalue weighted by Crippen LogP contribution is 2.51. The van der Waals surface area contributed by atoms with E-state index in [9.17, 15) is 9.59 Å². The Morgan fingerprint density at radius 3 is 2.68 bits per heavy atom. The Morgan fingerprint density at radius 1 is 1.21 bits per heavy atom. The second-order valence-corrected chi connectivity index (χ2v) is 11.3. The SMILES string of the molecule is C=CCN1CC[C@@]2(c3cccc(OC)c3)C[C@H](N(C)C(=O)Cc3ccc(Cl)c(Cl)c3)CC(OC(C)=O)[C@@H]2C1. The van der Waals surface area contributed by atoms with Crippen molar-refractivity contribution >= 4 is 35.1 Å². The minimum atomic E-state index is -0.328. The summed E-state index contributed by atoms with van der Waals surface area (Å²) in [7, 11) is 3.52. The van der Waals surface area contributed by atoms with Crippen LogP contribution in [0.3, 0.4) is 0 Å². The molecule has 8 heteroatoms. The molecule has 2 aromatic carbocycles. The molecule has 38 heavy (non-hydrogen) atoms. The van der Waals surface area contributed by atoms with Crippen molar-refractivity contribution in [1.82, 2.24) is 9.80 Å². The fourth-order valence-corrected chi connectivity index (χ4v) is 6.62. The molecule has 4 rings (SSSR count). The van der Waals surface area contributed by atoms with Crippen molar-refractivity contribution in [2.45, 2.75) is 50.2 Å². The first kappa shape index (κ1) is 28.5. The molecule has 0 bridgehead atoms. The zero-order chi connectivity index (χ0) is 27.4. The van der Waals surface area contributed by atoms with E-state index in [1.807, 2.05) is 36.2 Å². The Balaban J connectivity index is 1.69. The number of nitrogens with zero attached hydrogens (tertiary/aromatic N) is 2. The zero-order valence-electron chi connectivity index (χ0n) is 22.3. The fraction of sp³-hybridized carbons (Fsp3) is 0.467. The average molecular weight is 560 g/mol. The number of fused-ring (bicyclic) bond motifs is 1. The van der Waals surface area contributed by atoms with E-state index in [1.165, 1.54) is 6.92 Å². The van der Waals surface area contributed by atoms with Gasteiger partial charge in [-0.1, -0.05) is 47.5 Å². The maximum absolute atomic E-state index is 13.5. The molecule has 2 fully saturated rings. The van der Waals surface area contributed by atoms with Gasteiger partial charge in [0, 0.05) is 50.9 Å². The van der Waals surface area contributed by atoms with Gasteiger partial charge in [-0.2, -0.15) is 0 Å². The van der Waals surface area contributed by atoms with Crippen LogP contribution in [0.25, 0.3) is 0 Å². The van der Waals surface area contributed by atoms with Crippen LogP contribution in [0.5, 0.6) is 5.75 Å². The van der Waals surface area contributed by atoms with Crippen molar-refractivity contribution in [1.29, 1.82) is 0 Å². The molecule has 0 N–H and O–H groups in total. The molecular weight excluding hydrogens is 523 g/mol. The lowest BCUT2D eigenvalue weighted by atomic mass is 9.56. The summed E-state index contributed by atoms with van der Waals surface area (Å²) in [6.45, 7) is 7.84. The van der Waals surface area contributed by atoms with Crippen LogP contribution in [0, 0.1) is 5.92 Å². The summed E-state index contributed by atoms with van der Waals surface area (Å²) in [5, 5.41) is 0.889. The van der Waals surface area contributed by atoms with E-state index in [2.05, 4.69) is 23.6 Å². The topological polar surface area (TPSA) is 59.1 Å². The van der Waals surface area contributed by atoms with E-state index in [-0.39, 0.29) is 41.8 Å². The Hall–Kier alpha value is -2.54. The fourth-order valence-electron chi connectivity index (χ4n) is 6.30. The molecule has 1 aliphatic heterocycles. The van der Waals surface area contributed by atoms with Crippen LogP contribution in [0.2, 0.25) is 10.0 Å². The molecule has 6 nitrogen and oxygen atoms in total. The van der Waals surface area contributed by atoms with Gasteiger partial charge in [-0.15, -0.1) is 6.58 Å². The summed E-state index contributed by atoms with van der Waals surface area (Å²) in [6.07, 6.45) is 4.04. The Kier molecular flexibility index (Phi) is 9.07. The number of esters is 1. The molecule has 1 saturated heterocycles. The Morgan fingerprint density at radius 2 is 2.00 bits per heavy atom. The van der Waals surface area contributed by atoms with E-state index in [0.717, 1.165) is 49.4 Å². The second kappa shape index (κ2) is 12.1. The van der Waals surface area contributed by atoms with Gasteiger partial charge in [0.15, 0.2) is 0 Å². The van der Waals surface area contributed by atoms with Gasteiger partial charge in [0.1, 0.15) is 11.9 Å². The number of ether oxygens (including phenoxy) is 2. The van der Waals surface area contributed by atoms with Gasteiger partial charge < -0.3 is 14.4 Å². The predicted molar refractivity (Wildman–Crippen MR) is 151 cm³/mol. The number of carbonyl (C=O) groups is 2. The lowest BCUT2D eigenvalue weighted by Gasteiger charge is -2.56. The Labute approximate surface area is 235 Å². The van der Waals surface area contributed by atoms with Gasteiger partial charge in [0.05, 0.1) is 23.6 Å². The van der Waals surface area contributed by atoms with Crippen LogP contribution in [0.1, 0.15) is 37.3 Å². The van der Waals surface area contributed by atoms with Crippen LogP contribution in [-0.4, -0.2) is 67.6 Å². The summed E-state index contributed by atoms with van der Waals surface area (Å²) in [5.74, 6) is 0.542. The first-order valence-corrected chi connectivity index (χ1v) is 13.8. The normalized spacial score (nSPS) is 25.2. The smallest absolute Gasteiger partial charge is 0.302 e. The average Bonchev–Trinajstić information content (AvgIpc) is 2.90. The molecular formula is C30H36Cl2N2O4. The molecule has 1 aliphatic carbocycles. The monoisotopic (exact) mass is 558 g/mol. The number of carbonyl (C=O) groups excluding carboxylic acids is 2. The van der Waals surface area contributed by atoms with Crippen LogP contribution in [0.4, 0.5) is 0 Å². The third-order valence-electron chi connectivity index (χ3n) is 8.22. The van der Waals surface area contributed by atoms with Crippen LogP contribution < -0.4 is 4.74 Å². The molecule has 1 heterocycles. The number of hydrogen-bond donors (Lipinski definition) is 0. The van der Waals surface area contributed by atoms with Crippen molar-refractivity contribution in [3.8, 4) is 5.75 Å². The minimum absolute atomic E-state index is 0.0155. The summed E-state index contributed by atoms with van der Waals surface area (Å²) < 4.78 is 11.6. The van der Waals surface area contributed by atoms with Crippen LogP contribution in [0.15, 0.2) is 55.1 Å². The van der Waals surface area contributed by atoms with Gasteiger partial charge in [0.2, 0.25) is 5.91 Å². The number of likely N-dealkylation sites (N-methyl/N-ethyl adjacent to an activating group) is 1. The van der Waals surface area contributed by atoms with Gasteiger partial charge in [-0.25, -0.2) is 0 Å². The molecule has 1 unspecified atom stereocenters. The van der Waals surface area contributed by atoms with E-state index >= 15 is 0 Å². The highest BCUT2D eigenvalue weighted by atomic mass is 35.5. The third-order valence-corrected chi connectivity index (χ3v) is 8.96. The molecule has 0 spiro atoms. The molecule has 4 atom stereocenters. The standard InChI is InChI=1S/C30H36Cl2N2O4/c1-5-12-34-13-11-30(22-7-6-8-24(16-22)37-4)18-23(17-28(25(30)19-34)38-20(2)35)33(3)29(36)15-21-9-10-26(31)27(32)14-21/h5-10,14,16,23,25,28H,1,11-13,15,17-19H2,2-4H3/t23-,25+,28?,30+/m1/s1. The first-order valence-electron chi connectivity index (χ1n) is 13.0. The van der Waals surface area contributed by atoms with Gasteiger partial charge >= 0.3 is 5.97 Å². The number of halogens is 2. The first-order chi connectivity index (χ1) is 18.2. The zero-order valence-corrected chi connectivity index (χ0v) is 23.8. The van der Waals surface area contributed by atoms with E-state index < -0.39 is 0 Å². The van der Waals surface area contributed by atoms with E-state index in [1.54, 1.807) is 19.2 Å². The number of rotatable bonds is 8. The third kappa shape index (κ3) is 6.03. The van der Waals surface area contributed by atoms with Gasteiger partial charge in [-0.3, -0.25) is 14.5 Å². The summed E-state index contributed by atoms with van der Waals surface area (Å²) in [6, 6.07) is 13.4. The maximum atomic E-state index is 13.5. The van der Waals surface area contributed by atoms with Crippen molar-refractivity contribution in [2.75, 3.05) is 33.8 Å². The van der Waals surface area contributed by atoms with Gasteiger partial charge in [-0.05, 0) is 54.8 Å². The predicted octanol–water partition coefficient (Wildman–Crippen LogP) is 5.54. The molecule has 204 valence electrons. The number of likely N-dealkylation sites (tertiary alicyclic amines) is 1. The van der Waals surface area contributed by atoms with Crippen molar-refractivity contribution in [3.63, 3.8) is 0 Å². The van der Waals surface area contributed by atoms with E-state index in [0.29, 0.717) is 16.5 Å². The number of piperidine rings is 1. The molecule has 2 aliphatic rings. The quantitative estimate of drug-likeness (QED) is 0.314. The molecule has 1 amide bonds. The summed E-state index contributed by atoms with van der Waals surface area (Å²) in [4.78, 5) is 29.9. The lowest BCUT2D eigenvalue weighted by molar-refractivity contribution is -0.160. The Bertz CT molecular complexity index is 1190. The molecule has 1 saturated carbocycles. The second-order valence-electron chi connectivity index (χ2n) is 10.5. The highest BCUT2D eigenvalue weighted by Gasteiger charge is 2.54. The number of benzene rings is 2. The molecule has 0 aromatic heterocycles. The van der Waals surface area contributed by atoms with Crippen molar-refractivity contribution in [3.05, 3.63) is 76.3 Å². The number of methoxy groups -OCH3 is 1. The largest absolute Gasteiger partial charge is 0.497 e. The number of amides is 1. The lowest BCUT2D eigenvalue weighted by Crippen LogP contribution is -2.61. The van der Waals surface area contributed by atoms with Crippen molar-refractivity contribution in [2.24, 2.45) is 5.92 Å². The highest BCUT2D eigenvalue weighted by molar-refractivity contribution is 6.42. The van der Waals surface area contributed by atoms with Crippen molar-refractivity contribution < 1.29 is 19.1 Å². The summed E-state index contributed by atoms with van der Waals surface area (Å²) >= 11 is 12.3.